The molecule has 0 unspecified atom stereocenters. The van der Waals surface area contributed by atoms with Crippen molar-refractivity contribution in [3.05, 3.63) is 65.2 Å². The number of nitrogens with zero attached hydrogens (tertiary/aromatic N) is 1. The second-order valence-corrected chi connectivity index (χ2v) is 4.95. The van der Waals surface area contributed by atoms with Crippen LogP contribution in [-0.2, 0) is 9.53 Å². The van der Waals surface area contributed by atoms with Gasteiger partial charge in [-0.2, -0.15) is 5.26 Å². The van der Waals surface area contributed by atoms with Gasteiger partial charge in [-0.25, -0.2) is 4.79 Å². The van der Waals surface area contributed by atoms with E-state index in [0.717, 1.165) is 0 Å². The van der Waals surface area contributed by atoms with Crippen LogP contribution in [0.4, 0.5) is 5.69 Å². The molecule has 0 fully saturated rings. The Morgan fingerprint density at radius 3 is 2.50 bits per heavy atom. The topological polar surface area (TPSA) is 96.3 Å². The van der Waals surface area contributed by atoms with E-state index >= 15 is 0 Å². The number of ketones is 1. The fourth-order valence-electron chi connectivity index (χ4n) is 1.94. The van der Waals surface area contributed by atoms with E-state index in [1.54, 1.807) is 36.4 Å². The maximum Gasteiger partial charge on any atom is 0.338 e. The number of anilines is 1. The average molecular weight is 322 g/mol. The van der Waals surface area contributed by atoms with Gasteiger partial charge in [0.25, 0.3) is 5.91 Å². The number of carbonyl (C=O) groups excluding carboxylic acids is 3. The van der Waals surface area contributed by atoms with E-state index in [2.05, 4.69) is 5.32 Å². The second kappa shape index (κ2) is 7.70. The number of benzene rings is 2. The molecule has 0 aliphatic heterocycles. The molecular weight excluding hydrogens is 308 g/mol. The Hall–Kier alpha value is -3.46. The molecule has 0 radical (unpaired) electrons. The summed E-state index contributed by atoms with van der Waals surface area (Å²) in [5.41, 5.74) is 1.43. The first-order valence-electron chi connectivity index (χ1n) is 7.08. The van der Waals surface area contributed by atoms with Crippen molar-refractivity contribution < 1.29 is 19.1 Å². The van der Waals surface area contributed by atoms with Gasteiger partial charge in [-0.15, -0.1) is 0 Å². The fourth-order valence-corrected chi connectivity index (χ4v) is 1.94. The Balaban J connectivity index is 1.93. The molecule has 0 aliphatic rings. The van der Waals surface area contributed by atoms with Crippen LogP contribution < -0.4 is 5.32 Å². The zero-order valence-electron chi connectivity index (χ0n) is 12.9. The maximum absolute atomic E-state index is 11.9. The number of hydrogen-bond donors (Lipinski definition) is 1. The number of Topliss-reactive ketones (excluding diaryl/α,β-unsaturated/α-hetero) is 1. The highest BCUT2D eigenvalue weighted by Crippen LogP contribution is 2.11. The van der Waals surface area contributed by atoms with Crippen LogP contribution in [0.1, 0.15) is 33.2 Å². The largest absolute Gasteiger partial charge is 0.452 e. The lowest BCUT2D eigenvalue weighted by Crippen LogP contribution is -2.21. The van der Waals surface area contributed by atoms with Gasteiger partial charge in [-0.05, 0) is 37.3 Å². The standard InChI is InChI=1S/C18H14N2O4/c1-12(21)14-5-3-7-16(9-14)20-17(22)11-24-18(23)15-6-2-4-13(8-15)10-19/h2-9H,11H2,1H3,(H,20,22). The highest BCUT2D eigenvalue weighted by molar-refractivity contribution is 5.98. The van der Waals surface area contributed by atoms with Gasteiger partial charge in [0.15, 0.2) is 12.4 Å². The number of nitrogens with one attached hydrogen (secondary N) is 1. The number of amides is 1. The molecule has 6 nitrogen and oxygen atoms in total. The monoisotopic (exact) mass is 322 g/mol. The molecule has 0 spiro atoms. The number of hydrogen-bond acceptors (Lipinski definition) is 5. The highest BCUT2D eigenvalue weighted by atomic mass is 16.5. The van der Waals surface area contributed by atoms with Gasteiger partial charge in [0, 0.05) is 11.3 Å². The molecule has 120 valence electrons. The first kappa shape index (κ1) is 16.9. The molecular formula is C18H14N2O4. The molecule has 1 amide bonds. The summed E-state index contributed by atoms with van der Waals surface area (Å²) in [6.45, 7) is 0.956. The number of nitriles is 1. The van der Waals surface area contributed by atoms with Gasteiger partial charge >= 0.3 is 5.97 Å². The number of rotatable bonds is 5. The molecule has 2 aromatic carbocycles. The third-order valence-corrected chi connectivity index (χ3v) is 3.11. The maximum atomic E-state index is 11.9. The fraction of sp³-hybridized carbons (Fsp3) is 0.111. The lowest BCUT2D eigenvalue weighted by Gasteiger charge is -2.07. The minimum absolute atomic E-state index is 0.116. The first-order valence-corrected chi connectivity index (χ1v) is 7.08. The van der Waals surface area contributed by atoms with E-state index in [4.69, 9.17) is 10.00 Å². The second-order valence-electron chi connectivity index (χ2n) is 4.95. The number of carbonyl (C=O) groups is 3. The average Bonchev–Trinajstić information content (AvgIpc) is 2.60. The van der Waals surface area contributed by atoms with Gasteiger partial charge in [0.05, 0.1) is 17.2 Å². The van der Waals surface area contributed by atoms with Crippen molar-refractivity contribution in [2.75, 3.05) is 11.9 Å². The van der Waals surface area contributed by atoms with Crippen molar-refractivity contribution in [3.8, 4) is 6.07 Å². The van der Waals surface area contributed by atoms with Gasteiger partial charge in [0.1, 0.15) is 0 Å². The van der Waals surface area contributed by atoms with Gasteiger partial charge in [-0.3, -0.25) is 9.59 Å². The summed E-state index contributed by atoms with van der Waals surface area (Å²) in [4.78, 5) is 35.0. The lowest BCUT2D eigenvalue weighted by atomic mass is 10.1. The Bertz CT molecular complexity index is 837. The summed E-state index contributed by atoms with van der Waals surface area (Å²) in [6.07, 6.45) is 0. The predicted molar refractivity (Wildman–Crippen MR) is 86.5 cm³/mol. The lowest BCUT2D eigenvalue weighted by molar-refractivity contribution is -0.119. The summed E-state index contributed by atoms with van der Waals surface area (Å²) >= 11 is 0. The van der Waals surface area contributed by atoms with Crippen LogP contribution in [0.5, 0.6) is 0 Å². The van der Waals surface area contributed by atoms with E-state index in [1.807, 2.05) is 6.07 Å². The third kappa shape index (κ3) is 4.52. The van der Waals surface area contributed by atoms with Gasteiger partial charge in [0.2, 0.25) is 0 Å². The number of esters is 1. The summed E-state index contributed by atoms with van der Waals surface area (Å²) in [7, 11) is 0. The van der Waals surface area contributed by atoms with Gasteiger partial charge < -0.3 is 10.1 Å². The molecule has 2 aromatic rings. The van der Waals surface area contributed by atoms with Crippen LogP contribution in [0.15, 0.2) is 48.5 Å². The van der Waals surface area contributed by atoms with Crippen LogP contribution >= 0.6 is 0 Å². The van der Waals surface area contributed by atoms with Crippen molar-refractivity contribution in [1.82, 2.24) is 0 Å². The molecule has 1 N–H and O–H groups in total. The summed E-state index contributed by atoms with van der Waals surface area (Å²) in [5.74, 6) is -1.34. The SMILES string of the molecule is CC(=O)c1cccc(NC(=O)COC(=O)c2cccc(C#N)c2)c1. The zero-order chi connectivity index (χ0) is 17.5. The molecule has 6 heteroatoms. The first-order chi connectivity index (χ1) is 11.5. The molecule has 0 heterocycles. The minimum Gasteiger partial charge on any atom is -0.452 e. The molecule has 2 rings (SSSR count). The Labute approximate surface area is 138 Å². The molecule has 0 bridgehead atoms. The van der Waals surface area contributed by atoms with Crippen molar-refractivity contribution in [1.29, 1.82) is 5.26 Å². The van der Waals surface area contributed by atoms with Crippen LogP contribution in [0, 0.1) is 11.3 Å². The Kier molecular flexibility index (Phi) is 5.42. The third-order valence-electron chi connectivity index (χ3n) is 3.11. The van der Waals surface area contributed by atoms with E-state index in [9.17, 15) is 14.4 Å². The Morgan fingerprint density at radius 2 is 1.79 bits per heavy atom. The molecule has 24 heavy (non-hydrogen) atoms. The number of ether oxygens (including phenoxy) is 1. The van der Waals surface area contributed by atoms with Crippen molar-refractivity contribution in [3.63, 3.8) is 0 Å². The van der Waals surface area contributed by atoms with Crippen molar-refractivity contribution in [2.24, 2.45) is 0 Å². The molecule has 0 aliphatic carbocycles. The molecule has 0 saturated carbocycles. The minimum atomic E-state index is -0.695. The normalized spacial score (nSPS) is 9.67. The van der Waals surface area contributed by atoms with Crippen LogP contribution in [0.3, 0.4) is 0 Å². The van der Waals surface area contributed by atoms with E-state index in [1.165, 1.54) is 19.1 Å². The van der Waals surface area contributed by atoms with Gasteiger partial charge in [-0.1, -0.05) is 18.2 Å². The summed E-state index contributed by atoms with van der Waals surface area (Å²) < 4.78 is 4.91. The zero-order valence-corrected chi connectivity index (χ0v) is 12.9. The van der Waals surface area contributed by atoms with E-state index < -0.39 is 18.5 Å². The summed E-state index contributed by atoms with van der Waals surface area (Å²) in [5, 5.41) is 11.3. The molecule has 0 aromatic heterocycles. The molecule has 0 saturated heterocycles. The van der Waals surface area contributed by atoms with Crippen LogP contribution in [0.2, 0.25) is 0 Å². The smallest absolute Gasteiger partial charge is 0.338 e. The van der Waals surface area contributed by atoms with Crippen LogP contribution in [0.25, 0.3) is 0 Å². The summed E-state index contributed by atoms with van der Waals surface area (Å²) in [6, 6.07) is 14.4. The molecule has 0 atom stereocenters. The Morgan fingerprint density at radius 1 is 1.08 bits per heavy atom. The van der Waals surface area contributed by atoms with Crippen LogP contribution in [-0.4, -0.2) is 24.3 Å². The highest BCUT2D eigenvalue weighted by Gasteiger charge is 2.11. The predicted octanol–water partition coefficient (Wildman–Crippen LogP) is 2.56. The van der Waals surface area contributed by atoms with Crippen molar-refractivity contribution >= 4 is 23.3 Å². The van der Waals surface area contributed by atoms with E-state index in [0.29, 0.717) is 16.8 Å². The quantitative estimate of drug-likeness (QED) is 0.674. The van der Waals surface area contributed by atoms with E-state index in [-0.39, 0.29) is 11.3 Å². The van der Waals surface area contributed by atoms with Crippen molar-refractivity contribution in [2.45, 2.75) is 6.92 Å².